The predicted octanol–water partition coefficient (Wildman–Crippen LogP) is 3.76. The number of carbonyl (C=O) groups is 2. The lowest BCUT2D eigenvalue weighted by Crippen LogP contribution is -2.34. The van der Waals surface area contributed by atoms with Crippen LogP contribution in [-0.2, 0) is 11.3 Å². The molecule has 1 aliphatic rings. The van der Waals surface area contributed by atoms with Gasteiger partial charge in [0.2, 0.25) is 5.88 Å². The van der Waals surface area contributed by atoms with Gasteiger partial charge in [0, 0.05) is 23.8 Å². The van der Waals surface area contributed by atoms with Crippen LogP contribution < -0.4 is 16.2 Å². The van der Waals surface area contributed by atoms with Crippen LogP contribution >= 0.6 is 0 Å². The van der Waals surface area contributed by atoms with Gasteiger partial charge in [-0.1, -0.05) is 26.0 Å². The highest BCUT2D eigenvalue weighted by molar-refractivity contribution is 5.97. The van der Waals surface area contributed by atoms with Crippen LogP contribution in [0, 0.1) is 5.92 Å². The number of nitrogens with zero attached hydrogens (tertiary/aromatic N) is 3. The van der Waals surface area contributed by atoms with E-state index in [2.05, 4.69) is 15.7 Å². The van der Waals surface area contributed by atoms with E-state index in [0.717, 1.165) is 22.9 Å². The van der Waals surface area contributed by atoms with Crippen LogP contribution in [0.15, 0.2) is 35.3 Å². The molecule has 4 rings (SSSR count). The highest BCUT2D eigenvalue weighted by atomic mass is 16.6. The molecule has 0 atom stereocenters. The van der Waals surface area contributed by atoms with Crippen LogP contribution in [0.1, 0.15) is 57.8 Å². The number of carbonyl (C=O) groups excluding carboxylic acids is 2. The molecule has 2 amide bonds. The number of fused-ring (bicyclic) bond motifs is 1. The predicted molar refractivity (Wildman–Crippen MR) is 132 cm³/mol. The molecule has 2 aromatic heterocycles. The van der Waals surface area contributed by atoms with Gasteiger partial charge in [-0.2, -0.15) is 9.61 Å². The van der Waals surface area contributed by atoms with Gasteiger partial charge in [-0.25, -0.2) is 4.79 Å². The zero-order chi connectivity index (χ0) is 25.5. The van der Waals surface area contributed by atoms with Crippen molar-refractivity contribution < 1.29 is 19.4 Å². The van der Waals surface area contributed by atoms with E-state index in [0.29, 0.717) is 23.4 Å². The number of aromatic nitrogens is 3. The maximum Gasteiger partial charge on any atom is 0.412 e. The van der Waals surface area contributed by atoms with Crippen molar-refractivity contribution in [3.8, 4) is 17.0 Å². The van der Waals surface area contributed by atoms with Gasteiger partial charge in [0.05, 0.1) is 6.20 Å². The molecule has 0 aliphatic heterocycles. The van der Waals surface area contributed by atoms with E-state index >= 15 is 0 Å². The van der Waals surface area contributed by atoms with Crippen molar-refractivity contribution in [1.82, 2.24) is 19.5 Å². The minimum atomic E-state index is -0.676. The van der Waals surface area contributed by atoms with Gasteiger partial charge in [-0.05, 0) is 57.2 Å². The van der Waals surface area contributed by atoms with E-state index in [1.807, 2.05) is 13.8 Å². The summed E-state index contributed by atoms with van der Waals surface area (Å²) in [7, 11) is 0. The second-order valence-electron chi connectivity index (χ2n) is 10.3. The Labute approximate surface area is 202 Å². The largest absolute Gasteiger partial charge is 0.494 e. The first-order valence-electron chi connectivity index (χ1n) is 11.7. The van der Waals surface area contributed by atoms with Crippen LogP contribution in [-0.4, -0.2) is 42.9 Å². The summed E-state index contributed by atoms with van der Waals surface area (Å²) in [5.41, 5.74) is 0.661. The SMILES string of the molecule is CC(C)Cn1c(O)c(C(=O)NC2CC2)c(=O)n2ncc(-c3ccc(NC(=O)OC(C)(C)C)cc3)c12. The Kier molecular flexibility index (Phi) is 6.31. The fourth-order valence-electron chi connectivity index (χ4n) is 3.77. The van der Waals surface area contributed by atoms with E-state index in [9.17, 15) is 19.5 Å². The van der Waals surface area contributed by atoms with Crippen molar-refractivity contribution in [2.75, 3.05) is 5.32 Å². The fourth-order valence-corrected chi connectivity index (χ4v) is 3.77. The number of nitrogens with one attached hydrogen (secondary N) is 2. The van der Waals surface area contributed by atoms with Crippen molar-refractivity contribution in [1.29, 1.82) is 0 Å². The molecule has 35 heavy (non-hydrogen) atoms. The lowest BCUT2D eigenvalue weighted by atomic mass is 10.1. The van der Waals surface area contributed by atoms with Crippen LogP contribution in [0.5, 0.6) is 5.88 Å². The number of amides is 2. The van der Waals surface area contributed by atoms with Crippen molar-refractivity contribution in [3.05, 3.63) is 46.4 Å². The Bertz CT molecular complexity index is 1330. The van der Waals surface area contributed by atoms with Crippen molar-refractivity contribution >= 4 is 23.3 Å². The van der Waals surface area contributed by atoms with E-state index in [1.165, 1.54) is 6.20 Å². The average Bonchev–Trinajstić information content (AvgIpc) is 3.44. The number of ether oxygens (including phenoxy) is 1. The lowest BCUT2D eigenvalue weighted by Gasteiger charge is -2.19. The van der Waals surface area contributed by atoms with E-state index in [-0.39, 0.29) is 23.4 Å². The Balaban J connectivity index is 1.74. The Hall–Kier alpha value is -3.82. The second-order valence-corrected chi connectivity index (χ2v) is 10.3. The third kappa shape index (κ3) is 5.31. The standard InChI is InChI=1S/C25H31N5O5/c1-14(2)13-29-21-18(15-6-8-17(9-7-15)28-24(34)35-25(3,4)5)12-26-30(21)23(33)19(22(29)32)20(31)27-16-10-11-16/h6-9,12,14,16,32H,10-11,13H2,1-5H3,(H,27,31)(H,28,34). The van der Waals surface area contributed by atoms with E-state index < -0.39 is 23.2 Å². The number of benzene rings is 1. The molecule has 3 N–H and O–H groups in total. The molecule has 1 aliphatic carbocycles. The molecule has 0 unspecified atom stereocenters. The quantitative estimate of drug-likeness (QED) is 0.492. The number of hydrogen-bond donors (Lipinski definition) is 3. The number of anilines is 1. The van der Waals surface area contributed by atoms with Gasteiger partial charge >= 0.3 is 6.09 Å². The van der Waals surface area contributed by atoms with Crippen LogP contribution in [0.4, 0.5) is 10.5 Å². The van der Waals surface area contributed by atoms with Gasteiger partial charge in [0.1, 0.15) is 5.60 Å². The fraction of sp³-hybridized carbons (Fsp3) is 0.440. The summed E-state index contributed by atoms with van der Waals surface area (Å²) in [5.74, 6) is -0.849. The summed E-state index contributed by atoms with van der Waals surface area (Å²) >= 11 is 0. The van der Waals surface area contributed by atoms with Crippen LogP contribution in [0.25, 0.3) is 16.8 Å². The summed E-state index contributed by atoms with van der Waals surface area (Å²) in [4.78, 5) is 38.0. The maximum absolute atomic E-state index is 13.2. The molecule has 186 valence electrons. The second kappa shape index (κ2) is 9.09. The van der Waals surface area contributed by atoms with E-state index in [4.69, 9.17) is 4.74 Å². The van der Waals surface area contributed by atoms with E-state index in [1.54, 1.807) is 49.6 Å². The Morgan fingerprint density at radius 2 is 1.86 bits per heavy atom. The normalized spacial score (nSPS) is 13.8. The zero-order valence-corrected chi connectivity index (χ0v) is 20.6. The monoisotopic (exact) mass is 481 g/mol. The Morgan fingerprint density at radius 1 is 1.20 bits per heavy atom. The highest BCUT2D eigenvalue weighted by Gasteiger charge is 2.30. The summed E-state index contributed by atoms with van der Waals surface area (Å²) in [6, 6.07) is 7.02. The summed E-state index contributed by atoms with van der Waals surface area (Å²) in [6.07, 6.45) is 2.69. The smallest absolute Gasteiger partial charge is 0.412 e. The lowest BCUT2D eigenvalue weighted by molar-refractivity contribution is 0.0635. The van der Waals surface area contributed by atoms with Crippen molar-refractivity contribution in [2.45, 2.75) is 65.6 Å². The third-order valence-electron chi connectivity index (χ3n) is 5.41. The first-order valence-corrected chi connectivity index (χ1v) is 11.7. The summed E-state index contributed by atoms with van der Waals surface area (Å²) in [5, 5.41) is 20.8. The molecule has 10 heteroatoms. The Morgan fingerprint density at radius 3 is 2.43 bits per heavy atom. The van der Waals surface area contributed by atoms with Crippen LogP contribution in [0.2, 0.25) is 0 Å². The van der Waals surface area contributed by atoms with Gasteiger partial charge in [-0.15, -0.1) is 0 Å². The molecular weight excluding hydrogens is 450 g/mol. The van der Waals surface area contributed by atoms with Gasteiger partial charge in [0.15, 0.2) is 11.2 Å². The van der Waals surface area contributed by atoms with Gasteiger partial charge in [-0.3, -0.25) is 19.5 Å². The highest BCUT2D eigenvalue weighted by Crippen LogP contribution is 2.30. The van der Waals surface area contributed by atoms with Crippen LogP contribution in [0.3, 0.4) is 0 Å². The summed E-state index contributed by atoms with van der Waals surface area (Å²) in [6.45, 7) is 9.68. The molecule has 1 saturated carbocycles. The van der Waals surface area contributed by atoms with Gasteiger partial charge in [0.25, 0.3) is 11.5 Å². The molecule has 0 saturated heterocycles. The molecular formula is C25H31N5O5. The first-order chi connectivity index (χ1) is 16.4. The molecule has 1 aromatic carbocycles. The average molecular weight is 482 g/mol. The molecule has 0 radical (unpaired) electrons. The number of hydrogen-bond acceptors (Lipinski definition) is 6. The molecule has 1 fully saturated rings. The summed E-state index contributed by atoms with van der Waals surface area (Å²) < 4.78 is 7.99. The molecule has 3 aromatic rings. The van der Waals surface area contributed by atoms with Gasteiger partial charge < -0.3 is 15.2 Å². The molecule has 2 heterocycles. The number of aromatic hydroxyl groups is 1. The van der Waals surface area contributed by atoms with Crippen molar-refractivity contribution in [2.24, 2.45) is 5.92 Å². The minimum absolute atomic E-state index is 0.0385. The molecule has 0 bridgehead atoms. The minimum Gasteiger partial charge on any atom is -0.494 e. The number of rotatable bonds is 6. The van der Waals surface area contributed by atoms with Crippen molar-refractivity contribution in [3.63, 3.8) is 0 Å². The topological polar surface area (TPSA) is 127 Å². The molecule has 10 nitrogen and oxygen atoms in total. The third-order valence-corrected chi connectivity index (χ3v) is 5.41. The zero-order valence-electron chi connectivity index (χ0n) is 20.6. The first kappa shape index (κ1) is 24.3. The molecule has 0 spiro atoms. The maximum atomic E-state index is 13.2.